The van der Waals surface area contributed by atoms with Gasteiger partial charge in [-0.15, -0.1) is 0 Å². The predicted octanol–water partition coefficient (Wildman–Crippen LogP) is 3.21. The number of para-hydroxylation sites is 1. The summed E-state index contributed by atoms with van der Waals surface area (Å²) in [5, 5.41) is 0. The van der Waals surface area contributed by atoms with E-state index >= 15 is 0 Å². The highest BCUT2D eigenvalue weighted by atomic mass is 16.5. The van der Waals surface area contributed by atoms with Gasteiger partial charge in [0.1, 0.15) is 5.75 Å². The Bertz CT molecular complexity index is 271. The number of ether oxygens (including phenoxy) is 1. The maximum atomic E-state index is 7.64. The quantitative estimate of drug-likeness (QED) is 0.668. The van der Waals surface area contributed by atoms with Crippen molar-refractivity contribution in [1.82, 2.24) is 0 Å². The molecule has 0 aliphatic carbocycles. The fourth-order valence-corrected chi connectivity index (χ4v) is 1.22. The molecular formula is C11H16O. The summed E-state index contributed by atoms with van der Waals surface area (Å²) in [6, 6.07) is 7.89. The van der Waals surface area contributed by atoms with Gasteiger partial charge in [-0.1, -0.05) is 32.0 Å². The molecule has 1 nitrogen and oxygen atoms in total. The molecule has 1 rings (SSSR count). The molecule has 2 atom stereocenters. The number of rotatable bonds is 3. The molecule has 0 fully saturated rings. The van der Waals surface area contributed by atoms with Gasteiger partial charge in [0.2, 0.25) is 0 Å². The van der Waals surface area contributed by atoms with Gasteiger partial charge < -0.3 is 4.74 Å². The minimum atomic E-state index is -0.101. The van der Waals surface area contributed by atoms with Crippen molar-refractivity contribution in [2.45, 2.75) is 26.2 Å². The average molecular weight is 165 g/mol. The van der Waals surface area contributed by atoms with Gasteiger partial charge in [-0.05, 0) is 23.9 Å². The second-order valence-electron chi connectivity index (χ2n) is 2.86. The van der Waals surface area contributed by atoms with Crippen LogP contribution in [0.25, 0.3) is 0 Å². The van der Waals surface area contributed by atoms with Crippen molar-refractivity contribution in [1.29, 1.82) is 0 Å². The number of hydrogen-bond acceptors (Lipinski definition) is 1. The smallest absolute Gasteiger partial charge is 0.122 e. The summed E-state index contributed by atoms with van der Waals surface area (Å²) >= 11 is 0. The van der Waals surface area contributed by atoms with E-state index in [1.54, 1.807) is 7.11 Å². The third kappa shape index (κ3) is 1.79. The van der Waals surface area contributed by atoms with Gasteiger partial charge in [0.15, 0.2) is 0 Å². The van der Waals surface area contributed by atoms with E-state index in [0.717, 1.165) is 11.3 Å². The molecular weight excluding hydrogens is 148 g/mol. The normalized spacial score (nSPS) is 16.4. The number of hydrogen-bond donors (Lipinski definition) is 0. The van der Waals surface area contributed by atoms with E-state index in [2.05, 4.69) is 6.92 Å². The largest absolute Gasteiger partial charge is 0.496 e. The van der Waals surface area contributed by atoms with Crippen LogP contribution in [-0.2, 0) is 0 Å². The van der Waals surface area contributed by atoms with Gasteiger partial charge in [-0.25, -0.2) is 0 Å². The zero-order valence-corrected chi connectivity index (χ0v) is 7.87. The SMILES string of the molecule is [2H][C@H](C)[C@@H](C)c1ccccc1OC. The maximum absolute atomic E-state index is 7.64. The Labute approximate surface area is 75.8 Å². The topological polar surface area (TPSA) is 9.23 Å². The summed E-state index contributed by atoms with van der Waals surface area (Å²) in [5.41, 5.74) is 1.12. The van der Waals surface area contributed by atoms with Crippen LogP contribution >= 0.6 is 0 Å². The van der Waals surface area contributed by atoms with E-state index in [0.29, 0.717) is 0 Å². The summed E-state index contributed by atoms with van der Waals surface area (Å²) in [6.45, 7) is 3.95. The van der Waals surface area contributed by atoms with E-state index in [1.807, 2.05) is 31.2 Å². The van der Waals surface area contributed by atoms with Crippen LogP contribution in [0.5, 0.6) is 5.75 Å². The fraction of sp³-hybridized carbons (Fsp3) is 0.455. The maximum Gasteiger partial charge on any atom is 0.122 e. The van der Waals surface area contributed by atoms with Gasteiger partial charge in [-0.3, -0.25) is 0 Å². The average Bonchev–Trinajstić information content (AvgIpc) is 2.16. The molecule has 0 aromatic heterocycles. The summed E-state index contributed by atoms with van der Waals surface area (Å²) in [5.74, 6) is 1.10. The van der Waals surface area contributed by atoms with Crippen LogP contribution < -0.4 is 4.74 Å². The lowest BCUT2D eigenvalue weighted by Gasteiger charge is -2.12. The Kier molecular flexibility index (Phi) is 2.65. The van der Waals surface area contributed by atoms with Crippen LogP contribution in [-0.4, -0.2) is 7.11 Å². The van der Waals surface area contributed by atoms with E-state index in [4.69, 9.17) is 6.11 Å². The van der Waals surface area contributed by atoms with Crippen molar-refractivity contribution in [2.75, 3.05) is 7.11 Å². The molecule has 0 unspecified atom stereocenters. The van der Waals surface area contributed by atoms with E-state index in [9.17, 15) is 0 Å². The molecule has 12 heavy (non-hydrogen) atoms. The molecule has 1 heteroatoms. The lowest BCUT2D eigenvalue weighted by atomic mass is 9.98. The van der Waals surface area contributed by atoms with Gasteiger partial charge >= 0.3 is 0 Å². The van der Waals surface area contributed by atoms with Gasteiger partial charge in [0, 0.05) is 1.37 Å². The molecule has 0 radical (unpaired) electrons. The van der Waals surface area contributed by atoms with Crippen LogP contribution in [0.1, 0.15) is 33.1 Å². The second kappa shape index (κ2) is 4.15. The van der Waals surface area contributed by atoms with Crippen molar-refractivity contribution in [2.24, 2.45) is 0 Å². The first-order valence-electron chi connectivity index (χ1n) is 4.79. The number of benzene rings is 1. The van der Waals surface area contributed by atoms with Gasteiger partial charge in [-0.2, -0.15) is 0 Å². The zero-order chi connectivity index (χ0) is 9.84. The molecule has 1 aromatic rings. The first-order chi connectivity index (χ1) is 6.16. The minimum absolute atomic E-state index is 0.101. The van der Waals surface area contributed by atoms with Crippen molar-refractivity contribution < 1.29 is 6.11 Å². The van der Waals surface area contributed by atoms with Crippen LogP contribution in [0.15, 0.2) is 24.3 Å². The molecule has 0 bridgehead atoms. The van der Waals surface area contributed by atoms with E-state index in [-0.39, 0.29) is 12.3 Å². The third-order valence-electron chi connectivity index (χ3n) is 2.13. The highest BCUT2D eigenvalue weighted by molar-refractivity contribution is 5.35. The van der Waals surface area contributed by atoms with Crippen LogP contribution in [0.2, 0.25) is 0 Å². The van der Waals surface area contributed by atoms with Crippen molar-refractivity contribution in [3.8, 4) is 5.75 Å². The first-order valence-corrected chi connectivity index (χ1v) is 4.22. The molecule has 0 aliphatic heterocycles. The van der Waals surface area contributed by atoms with Crippen LogP contribution in [0, 0.1) is 0 Å². The Hall–Kier alpha value is -0.980. The molecule has 1 aromatic carbocycles. The lowest BCUT2D eigenvalue weighted by molar-refractivity contribution is 0.406. The van der Waals surface area contributed by atoms with Crippen LogP contribution in [0.4, 0.5) is 0 Å². The highest BCUT2D eigenvalue weighted by Crippen LogP contribution is 2.27. The van der Waals surface area contributed by atoms with E-state index in [1.165, 1.54) is 0 Å². The first kappa shape index (κ1) is 7.66. The van der Waals surface area contributed by atoms with Crippen LogP contribution in [0.3, 0.4) is 0 Å². The summed E-state index contributed by atoms with van der Waals surface area (Å²) < 4.78 is 12.9. The van der Waals surface area contributed by atoms with Crippen molar-refractivity contribution in [3.05, 3.63) is 29.8 Å². The minimum Gasteiger partial charge on any atom is -0.496 e. The summed E-state index contributed by atoms with van der Waals surface area (Å²) in [6.07, 6.45) is -0.101. The molecule has 0 heterocycles. The Morgan fingerprint density at radius 2 is 2.17 bits per heavy atom. The van der Waals surface area contributed by atoms with Crippen molar-refractivity contribution >= 4 is 0 Å². The Morgan fingerprint density at radius 3 is 2.75 bits per heavy atom. The molecule has 66 valence electrons. The Balaban J connectivity index is 2.98. The molecule has 0 N–H and O–H groups in total. The second-order valence-corrected chi connectivity index (χ2v) is 2.86. The standard InChI is InChI=1S/C11H16O/c1-4-9(2)10-7-5-6-8-11(10)12-3/h5-9H,4H2,1-3H3/t9-/m1/s1/i4D/t4-,9-. The van der Waals surface area contributed by atoms with Gasteiger partial charge in [0.05, 0.1) is 7.11 Å². The summed E-state index contributed by atoms with van der Waals surface area (Å²) in [4.78, 5) is 0. The lowest BCUT2D eigenvalue weighted by Crippen LogP contribution is -1.95. The predicted molar refractivity (Wildman–Crippen MR) is 51.7 cm³/mol. The van der Waals surface area contributed by atoms with Crippen molar-refractivity contribution in [3.63, 3.8) is 0 Å². The molecule has 0 spiro atoms. The molecule has 0 saturated carbocycles. The highest BCUT2D eigenvalue weighted by Gasteiger charge is 2.07. The number of methoxy groups -OCH3 is 1. The van der Waals surface area contributed by atoms with Gasteiger partial charge in [0.25, 0.3) is 0 Å². The molecule has 0 amide bonds. The molecule has 0 saturated heterocycles. The Morgan fingerprint density at radius 1 is 1.50 bits per heavy atom. The zero-order valence-electron chi connectivity index (χ0n) is 8.87. The summed E-state index contributed by atoms with van der Waals surface area (Å²) in [7, 11) is 1.67. The molecule has 0 aliphatic rings. The third-order valence-corrected chi connectivity index (χ3v) is 2.13. The fourth-order valence-electron chi connectivity index (χ4n) is 1.22. The van der Waals surface area contributed by atoms with E-state index < -0.39 is 0 Å². The monoisotopic (exact) mass is 165 g/mol.